The molecule has 0 unspecified atom stereocenters. The Hall–Kier alpha value is -3.47. The molecular formula is C20H17F3N4O. The molecule has 0 amide bonds. The summed E-state index contributed by atoms with van der Waals surface area (Å²) in [5.41, 5.74) is 3.34. The quantitative estimate of drug-likeness (QED) is 0.631. The lowest BCUT2D eigenvalue weighted by molar-refractivity contribution is -0.274. The Morgan fingerprint density at radius 2 is 1.82 bits per heavy atom. The van der Waals surface area contributed by atoms with Crippen LogP contribution in [-0.4, -0.2) is 35.2 Å². The fourth-order valence-electron chi connectivity index (χ4n) is 2.84. The molecule has 0 saturated heterocycles. The third kappa shape index (κ3) is 3.78. The number of hydrogen-bond donors (Lipinski definition) is 0. The third-order valence-corrected chi connectivity index (χ3v) is 4.04. The first-order valence-electron chi connectivity index (χ1n) is 8.26. The number of terminal acetylenes is 1. The van der Waals surface area contributed by atoms with E-state index in [1.807, 2.05) is 25.9 Å². The Morgan fingerprint density at radius 3 is 2.39 bits per heavy atom. The fraction of sp³-hybridized carbons (Fsp3) is 0.200. The van der Waals surface area contributed by atoms with Gasteiger partial charge in [0.05, 0.1) is 28.2 Å². The van der Waals surface area contributed by atoms with Gasteiger partial charge in [-0.3, -0.25) is 4.98 Å². The number of halogens is 3. The van der Waals surface area contributed by atoms with Gasteiger partial charge in [-0.25, -0.2) is 4.68 Å². The molecule has 3 rings (SSSR count). The number of aromatic nitrogens is 3. The van der Waals surface area contributed by atoms with E-state index in [2.05, 4.69) is 20.7 Å². The van der Waals surface area contributed by atoms with Crippen molar-refractivity contribution in [2.45, 2.75) is 13.3 Å². The first kappa shape index (κ1) is 19.3. The van der Waals surface area contributed by atoms with Crippen molar-refractivity contribution in [1.29, 1.82) is 0 Å². The van der Waals surface area contributed by atoms with Crippen LogP contribution in [0.3, 0.4) is 0 Å². The fourth-order valence-corrected chi connectivity index (χ4v) is 2.84. The summed E-state index contributed by atoms with van der Waals surface area (Å²) in [6.07, 6.45) is 2.52. The average molecular weight is 386 g/mol. The van der Waals surface area contributed by atoms with Crippen molar-refractivity contribution in [1.82, 2.24) is 14.8 Å². The standard InChI is InChI=1S/C20H17F3N4O/c1-5-14-7-6-12-24-18(14)17-13(2)27(25-19(17)26(3)4)15-8-10-16(11-9-15)28-20(21,22)23/h1,6-12H,2-4H3. The van der Waals surface area contributed by atoms with Gasteiger partial charge in [0.2, 0.25) is 0 Å². The number of nitrogens with zero attached hydrogens (tertiary/aromatic N) is 4. The SMILES string of the molecule is C#Cc1cccnc1-c1c(N(C)C)nn(-c2ccc(OC(F)(F)F)cc2)c1C. The number of pyridine rings is 1. The Kier molecular flexibility index (Phi) is 5.01. The second-order valence-corrected chi connectivity index (χ2v) is 6.18. The summed E-state index contributed by atoms with van der Waals surface area (Å²) in [4.78, 5) is 6.25. The molecule has 28 heavy (non-hydrogen) atoms. The minimum atomic E-state index is -4.74. The van der Waals surface area contributed by atoms with E-state index in [-0.39, 0.29) is 5.75 Å². The van der Waals surface area contributed by atoms with Gasteiger partial charge in [-0.2, -0.15) is 0 Å². The molecule has 5 nitrogen and oxygen atoms in total. The van der Waals surface area contributed by atoms with Crippen LogP contribution >= 0.6 is 0 Å². The highest BCUT2D eigenvalue weighted by Crippen LogP contribution is 2.35. The Labute approximate surface area is 160 Å². The van der Waals surface area contributed by atoms with Crippen LogP contribution < -0.4 is 9.64 Å². The number of ether oxygens (including phenoxy) is 1. The van der Waals surface area contributed by atoms with Crippen LogP contribution in [0.2, 0.25) is 0 Å². The Morgan fingerprint density at radius 1 is 1.14 bits per heavy atom. The maximum Gasteiger partial charge on any atom is 0.573 e. The first-order valence-corrected chi connectivity index (χ1v) is 8.26. The number of anilines is 1. The number of benzene rings is 1. The molecule has 0 N–H and O–H groups in total. The molecular weight excluding hydrogens is 369 g/mol. The van der Waals surface area contributed by atoms with Crippen molar-refractivity contribution in [3.8, 4) is 35.0 Å². The largest absolute Gasteiger partial charge is 0.573 e. The van der Waals surface area contributed by atoms with E-state index >= 15 is 0 Å². The van der Waals surface area contributed by atoms with Crippen molar-refractivity contribution < 1.29 is 17.9 Å². The van der Waals surface area contributed by atoms with E-state index < -0.39 is 6.36 Å². The van der Waals surface area contributed by atoms with Crippen molar-refractivity contribution in [3.05, 3.63) is 53.9 Å². The van der Waals surface area contributed by atoms with Crippen LogP contribution in [0.25, 0.3) is 16.9 Å². The smallest absolute Gasteiger partial charge is 0.406 e. The topological polar surface area (TPSA) is 43.2 Å². The lowest BCUT2D eigenvalue weighted by Gasteiger charge is -2.12. The summed E-state index contributed by atoms with van der Waals surface area (Å²) >= 11 is 0. The highest BCUT2D eigenvalue weighted by atomic mass is 19.4. The molecule has 3 aromatic rings. The first-order chi connectivity index (χ1) is 13.2. The molecule has 0 spiro atoms. The summed E-state index contributed by atoms with van der Waals surface area (Å²) in [5.74, 6) is 2.97. The van der Waals surface area contributed by atoms with E-state index in [1.54, 1.807) is 23.0 Å². The molecule has 2 heterocycles. The van der Waals surface area contributed by atoms with Gasteiger partial charge in [-0.1, -0.05) is 5.92 Å². The van der Waals surface area contributed by atoms with E-state index in [1.165, 1.54) is 24.3 Å². The van der Waals surface area contributed by atoms with E-state index in [0.717, 1.165) is 11.3 Å². The van der Waals surface area contributed by atoms with Crippen molar-refractivity contribution in [2.75, 3.05) is 19.0 Å². The van der Waals surface area contributed by atoms with Gasteiger partial charge in [0.25, 0.3) is 0 Å². The lowest BCUT2D eigenvalue weighted by atomic mass is 10.1. The van der Waals surface area contributed by atoms with Gasteiger partial charge in [-0.15, -0.1) is 24.7 Å². The predicted molar refractivity (Wildman–Crippen MR) is 100 cm³/mol. The van der Waals surface area contributed by atoms with Gasteiger partial charge < -0.3 is 9.64 Å². The summed E-state index contributed by atoms with van der Waals surface area (Å²) < 4.78 is 42.6. The zero-order valence-corrected chi connectivity index (χ0v) is 15.4. The third-order valence-electron chi connectivity index (χ3n) is 4.04. The average Bonchev–Trinajstić information content (AvgIpc) is 2.98. The monoisotopic (exact) mass is 386 g/mol. The minimum absolute atomic E-state index is 0.298. The maximum absolute atomic E-state index is 12.4. The predicted octanol–water partition coefficient (Wildman–Crippen LogP) is 4.19. The molecule has 0 atom stereocenters. The van der Waals surface area contributed by atoms with Crippen LogP contribution in [0, 0.1) is 19.3 Å². The number of hydrogen-bond acceptors (Lipinski definition) is 4. The van der Waals surface area contributed by atoms with Gasteiger partial charge in [0.1, 0.15) is 5.75 Å². The molecule has 0 bridgehead atoms. The van der Waals surface area contributed by atoms with Crippen molar-refractivity contribution in [2.24, 2.45) is 0 Å². The molecule has 2 aromatic heterocycles. The Bertz CT molecular complexity index is 1030. The second-order valence-electron chi connectivity index (χ2n) is 6.18. The van der Waals surface area contributed by atoms with Gasteiger partial charge in [-0.05, 0) is 43.3 Å². The van der Waals surface area contributed by atoms with Crippen LogP contribution in [0.5, 0.6) is 5.75 Å². The second kappa shape index (κ2) is 7.27. The van der Waals surface area contributed by atoms with Gasteiger partial charge in [0.15, 0.2) is 5.82 Å². The molecule has 0 saturated carbocycles. The van der Waals surface area contributed by atoms with Crippen molar-refractivity contribution >= 4 is 5.82 Å². The maximum atomic E-state index is 12.4. The lowest BCUT2D eigenvalue weighted by Crippen LogP contribution is -2.17. The van der Waals surface area contributed by atoms with Crippen LogP contribution in [0.15, 0.2) is 42.6 Å². The summed E-state index contributed by atoms with van der Waals surface area (Å²) in [5, 5.41) is 4.61. The van der Waals surface area contributed by atoms with E-state index in [0.29, 0.717) is 22.8 Å². The number of alkyl halides is 3. The molecule has 0 fully saturated rings. The van der Waals surface area contributed by atoms with E-state index in [4.69, 9.17) is 6.42 Å². The highest BCUT2D eigenvalue weighted by Gasteiger charge is 2.31. The highest BCUT2D eigenvalue weighted by molar-refractivity contribution is 5.80. The molecule has 1 aromatic carbocycles. The number of rotatable bonds is 4. The zero-order chi connectivity index (χ0) is 20.5. The molecule has 0 aliphatic carbocycles. The molecule has 0 aliphatic heterocycles. The zero-order valence-electron chi connectivity index (χ0n) is 15.4. The molecule has 144 valence electrons. The van der Waals surface area contributed by atoms with Gasteiger partial charge in [0, 0.05) is 20.3 Å². The molecule has 0 radical (unpaired) electrons. The van der Waals surface area contributed by atoms with Crippen LogP contribution in [0.4, 0.5) is 19.0 Å². The van der Waals surface area contributed by atoms with Gasteiger partial charge >= 0.3 is 6.36 Å². The normalized spacial score (nSPS) is 11.2. The summed E-state index contributed by atoms with van der Waals surface area (Å²) in [7, 11) is 3.68. The summed E-state index contributed by atoms with van der Waals surface area (Å²) in [6.45, 7) is 1.85. The van der Waals surface area contributed by atoms with Crippen LogP contribution in [0.1, 0.15) is 11.3 Å². The van der Waals surface area contributed by atoms with Crippen LogP contribution in [-0.2, 0) is 0 Å². The Balaban J connectivity index is 2.11. The molecule has 0 aliphatic rings. The molecule has 8 heteroatoms. The van der Waals surface area contributed by atoms with E-state index in [9.17, 15) is 13.2 Å². The summed E-state index contributed by atoms with van der Waals surface area (Å²) in [6, 6.07) is 9.05. The van der Waals surface area contributed by atoms with Crippen molar-refractivity contribution in [3.63, 3.8) is 0 Å². The minimum Gasteiger partial charge on any atom is -0.406 e.